The molecule has 4 nitrogen and oxygen atoms in total. The van der Waals surface area contributed by atoms with Crippen LogP contribution < -0.4 is 4.74 Å². The number of hydrogen-bond donors (Lipinski definition) is 1. The van der Waals surface area contributed by atoms with Crippen LogP contribution in [0.3, 0.4) is 0 Å². The van der Waals surface area contributed by atoms with E-state index in [9.17, 15) is 4.79 Å². The van der Waals surface area contributed by atoms with Crippen molar-refractivity contribution in [1.29, 1.82) is 0 Å². The zero-order valence-corrected chi connectivity index (χ0v) is 7.69. The molecule has 0 amide bonds. The second-order valence-electron chi connectivity index (χ2n) is 3.06. The van der Waals surface area contributed by atoms with E-state index in [0.29, 0.717) is 17.9 Å². The van der Waals surface area contributed by atoms with Crippen molar-refractivity contribution in [1.82, 2.24) is 0 Å². The summed E-state index contributed by atoms with van der Waals surface area (Å²) in [4.78, 5) is 10.9. The van der Waals surface area contributed by atoms with Gasteiger partial charge in [-0.15, -0.1) is 0 Å². The molecule has 1 heterocycles. The highest BCUT2D eigenvalue weighted by atomic mass is 16.5. The summed E-state index contributed by atoms with van der Waals surface area (Å²) in [5, 5.41) is 8.90. The van der Waals surface area contributed by atoms with E-state index in [1.807, 2.05) is 12.1 Å². The number of carboxylic acid groups (broad SMARTS) is 1. The third kappa shape index (κ3) is 1.24. The summed E-state index contributed by atoms with van der Waals surface area (Å²) in [6, 6.07) is 5.41. The number of benzene rings is 1. The molecule has 14 heavy (non-hydrogen) atoms. The van der Waals surface area contributed by atoms with Crippen LogP contribution in [0.25, 0.3) is 0 Å². The van der Waals surface area contributed by atoms with Crippen LogP contribution in [0.2, 0.25) is 0 Å². The highest BCUT2D eigenvalue weighted by molar-refractivity contribution is 5.77. The lowest BCUT2D eigenvalue weighted by molar-refractivity contribution is -0.150. The first-order valence-corrected chi connectivity index (χ1v) is 4.24. The van der Waals surface area contributed by atoms with Gasteiger partial charge in [0, 0.05) is 5.56 Å². The van der Waals surface area contributed by atoms with Gasteiger partial charge in [0.2, 0.25) is 0 Å². The molecule has 1 aliphatic heterocycles. The first kappa shape index (κ1) is 9.02. The molecule has 74 valence electrons. The SMILES string of the molecule is COc1cccc2c1C(C(=O)O)OC2. The average Bonchev–Trinajstić information content (AvgIpc) is 2.60. The lowest BCUT2D eigenvalue weighted by Gasteiger charge is -2.09. The molecule has 1 N–H and O–H groups in total. The molecule has 0 saturated heterocycles. The van der Waals surface area contributed by atoms with Crippen LogP contribution in [0.1, 0.15) is 17.2 Å². The predicted molar refractivity (Wildman–Crippen MR) is 48.2 cm³/mol. The van der Waals surface area contributed by atoms with E-state index in [4.69, 9.17) is 14.6 Å². The molecule has 1 aromatic carbocycles. The number of fused-ring (bicyclic) bond motifs is 1. The highest BCUT2D eigenvalue weighted by Gasteiger charge is 2.32. The fraction of sp³-hybridized carbons (Fsp3) is 0.300. The first-order valence-electron chi connectivity index (χ1n) is 4.24. The summed E-state index contributed by atoms with van der Waals surface area (Å²) in [6.45, 7) is 0.337. The molecule has 0 spiro atoms. The molecule has 1 atom stereocenters. The molecule has 1 unspecified atom stereocenters. The lowest BCUT2D eigenvalue weighted by Crippen LogP contribution is -2.10. The van der Waals surface area contributed by atoms with Crippen molar-refractivity contribution in [3.05, 3.63) is 29.3 Å². The van der Waals surface area contributed by atoms with Gasteiger partial charge < -0.3 is 14.6 Å². The normalized spacial score (nSPS) is 19.1. The average molecular weight is 194 g/mol. The van der Waals surface area contributed by atoms with Gasteiger partial charge in [-0.05, 0) is 11.6 Å². The Morgan fingerprint density at radius 2 is 2.43 bits per heavy atom. The lowest BCUT2D eigenvalue weighted by atomic mass is 10.0. The van der Waals surface area contributed by atoms with E-state index in [1.165, 1.54) is 7.11 Å². The Morgan fingerprint density at radius 3 is 3.07 bits per heavy atom. The quantitative estimate of drug-likeness (QED) is 0.772. The smallest absolute Gasteiger partial charge is 0.337 e. The summed E-state index contributed by atoms with van der Waals surface area (Å²) < 4.78 is 10.2. The van der Waals surface area contributed by atoms with Crippen LogP contribution in [0.15, 0.2) is 18.2 Å². The monoisotopic (exact) mass is 194 g/mol. The molecule has 1 aromatic rings. The molecule has 2 rings (SSSR count). The van der Waals surface area contributed by atoms with E-state index in [1.54, 1.807) is 6.07 Å². The van der Waals surface area contributed by atoms with Crippen LogP contribution in [-0.2, 0) is 16.1 Å². The van der Waals surface area contributed by atoms with Crippen molar-refractivity contribution in [2.45, 2.75) is 12.7 Å². The molecule has 4 heteroatoms. The second-order valence-corrected chi connectivity index (χ2v) is 3.06. The molecule has 0 radical (unpaired) electrons. The third-order valence-corrected chi connectivity index (χ3v) is 2.27. The zero-order valence-electron chi connectivity index (χ0n) is 7.69. The Bertz CT molecular complexity index is 372. The number of hydrogen-bond acceptors (Lipinski definition) is 3. The topological polar surface area (TPSA) is 55.8 Å². The molecule has 0 fully saturated rings. The molecule has 0 bridgehead atoms. The molecular weight excluding hydrogens is 184 g/mol. The number of methoxy groups -OCH3 is 1. The third-order valence-electron chi connectivity index (χ3n) is 2.27. The van der Waals surface area contributed by atoms with Crippen molar-refractivity contribution >= 4 is 5.97 Å². The maximum atomic E-state index is 10.9. The van der Waals surface area contributed by atoms with Gasteiger partial charge in [-0.1, -0.05) is 12.1 Å². The van der Waals surface area contributed by atoms with E-state index in [2.05, 4.69) is 0 Å². The molecular formula is C10H10O4. The van der Waals surface area contributed by atoms with Crippen molar-refractivity contribution in [3.63, 3.8) is 0 Å². The van der Waals surface area contributed by atoms with Crippen LogP contribution >= 0.6 is 0 Å². The highest BCUT2D eigenvalue weighted by Crippen LogP contribution is 2.37. The van der Waals surface area contributed by atoms with Crippen LogP contribution in [0.4, 0.5) is 0 Å². The number of ether oxygens (including phenoxy) is 2. The minimum Gasteiger partial charge on any atom is -0.496 e. The van der Waals surface area contributed by atoms with Gasteiger partial charge in [-0.3, -0.25) is 0 Å². The van der Waals surface area contributed by atoms with E-state index in [0.717, 1.165) is 5.56 Å². The Morgan fingerprint density at radius 1 is 1.64 bits per heavy atom. The summed E-state index contributed by atoms with van der Waals surface area (Å²) in [7, 11) is 1.52. The van der Waals surface area contributed by atoms with E-state index in [-0.39, 0.29) is 0 Å². The minimum atomic E-state index is -0.978. The van der Waals surface area contributed by atoms with Crippen LogP contribution in [0, 0.1) is 0 Å². The van der Waals surface area contributed by atoms with Crippen LogP contribution in [-0.4, -0.2) is 18.2 Å². The fourth-order valence-electron chi connectivity index (χ4n) is 1.64. The number of carbonyl (C=O) groups is 1. The molecule has 1 aliphatic rings. The zero-order chi connectivity index (χ0) is 10.1. The first-order chi connectivity index (χ1) is 6.74. The van der Waals surface area contributed by atoms with Gasteiger partial charge in [-0.2, -0.15) is 0 Å². The van der Waals surface area contributed by atoms with Gasteiger partial charge in [0.25, 0.3) is 0 Å². The van der Waals surface area contributed by atoms with Crippen LogP contribution in [0.5, 0.6) is 5.75 Å². The summed E-state index contributed by atoms with van der Waals surface area (Å²) in [6.07, 6.45) is -0.888. The van der Waals surface area contributed by atoms with Crippen molar-refractivity contribution in [2.75, 3.05) is 7.11 Å². The van der Waals surface area contributed by atoms with Crippen molar-refractivity contribution in [3.8, 4) is 5.75 Å². The Labute approximate surface area is 81.1 Å². The van der Waals surface area contributed by atoms with E-state index < -0.39 is 12.1 Å². The van der Waals surface area contributed by atoms with Crippen molar-refractivity contribution < 1.29 is 19.4 Å². The maximum Gasteiger partial charge on any atom is 0.337 e. The maximum absolute atomic E-state index is 10.9. The molecule has 0 aromatic heterocycles. The largest absolute Gasteiger partial charge is 0.496 e. The molecule has 0 saturated carbocycles. The minimum absolute atomic E-state index is 0.337. The Kier molecular flexibility index (Phi) is 2.13. The Hall–Kier alpha value is -1.55. The number of rotatable bonds is 2. The van der Waals surface area contributed by atoms with Gasteiger partial charge in [0.15, 0.2) is 6.10 Å². The number of carboxylic acids is 1. The van der Waals surface area contributed by atoms with E-state index >= 15 is 0 Å². The van der Waals surface area contributed by atoms with Gasteiger partial charge >= 0.3 is 5.97 Å². The fourth-order valence-corrected chi connectivity index (χ4v) is 1.64. The van der Waals surface area contributed by atoms with Crippen molar-refractivity contribution in [2.24, 2.45) is 0 Å². The van der Waals surface area contributed by atoms with Gasteiger partial charge in [0.05, 0.1) is 13.7 Å². The number of aliphatic carboxylic acids is 1. The Balaban J connectivity index is 2.50. The summed E-state index contributed by atoms with van der Waals surface area (Å²) in [5.41, 5.74) is 1.53. The molecule has 0 aliphatic carbocycles. The van der Waals surface area contributed by atoms with Gasteiger partial charge in [-0.25, -0.2) is 4.79 Å². The summed E-state index contributed by atoms with van der Waals surface area (Å²) in [5.74, 6) is -0.402. The van der Waals surface area contributed by atoms with Gasteiger partial charge in [0.1, 0.15) is 5.75 Å². The summed E-state index contributed by atoms with van der Waals surface area (Å²) >= 11 is 0. The standard InChI is InChI=1S/C10H10O4/c1-13-7-4-2-3-6-5-14-9(8(6)7)10(11)12/h2-4,9H,5H2,1H3,(H,11,12). The second kappa shape index (κ2) is 3.31. The predicted octanol–water partition coefficient (Wildman–Crippen LogP) is 1.35.